The molecule has 1 aromatic heterocycles. The number of carbonyl (C=O) groups excluding carboxylic acids is 1. The number of hydrogen-bond donors (Lipinski definition) is 2. The summed E-state index contributed by atoms with van der Waals surface area (Å²) in [6, 6.07) is 2.30. The van der Waals surface area contributed by atoms with E-state index in [4.69, 9.17) is 9.84 Å². The number of aromatic nitrogens is 1. The zero-order valence-corrected chi connectivity index (χ0v) is 11.4. The number of anilines is 1. The van der Waals surface area contributed by atoms with Crippen LogP contribution in [0.2, 0.25) is 0 Å². The van der Waals surface area contributed by atoms with Gasteiger partial charge in [-0.1, -0.05) is 0 Å². The molecule has 1 rings (SSSR count). The van der Waals surface area contributed by atoms with Gasteiger partial charge in [0, 0.05) is 11.9 Å². The Hall–Kier alpha value is -2.11. The second kappa shape index (κ2) is 5.69. The molecule has 0 aliphatic carbocycles. The maximum Gasteiger partial charge on any atom is 0.357 e. The number of carboxylic acids is 1. The summed E-state index contributed by atoms with van der Waals surface area (Å²) in [5.41, 5.74) is 0.0413. The van der Waals surface area contributed by atoms with Gasteiger partial charge in [-0.2, -0.15) is 0 Å². The van der Waals surface area contributed by atoms with Crippen LogP contribution in [0.25, 0.3) is 0 Å². The highest BCUT2D eigenvalue weighted by Crippen LogP contribution is 2.14. The predicted molar refractivity (Wildman–Crippen MR) is 70.1 cm³/mol. The minimum absolute atomic E-state index is 0.137. The van der Waals surface area contributed by atoms with Crippen molar-refractivity contribution in [2.75, 3.05) is 5.32 Å². The van der Waals surface area contributed by atoms with Crippen molar-refractivity contribution in [3.05, 3.63) is 24.0 Å². The molecule has 1 atom stereocenters. The van der Waals surface area contributed by atoms with Gasteiger partial charge in [0.1, 0.15) is 17.3 Å². The van der Waals surface area contributed by atoms with E-state index in [0.717, 1.165) is 0 Å². The van der Waals surface area contributed by atoms with Crippen LogP contribution in [-0.4, -0.2) is 33.7 Å². The molecule has 0 aliphatic rings. The lowest BCUT2D eigenvalue weighted by molar-refractivity contribution is -0.137. The molecule has 19 heavy (non-hydrogen) atoms. The second-order valence-corrected chi connectivity index (χ2v) is 5.14. The van der Waals surface area contributed by atoms with E-state index in [2.05, 4.69) is 10.3 Å². The highest BCUT2D eigenvalue weighted by atomic mass is 16.6. The Balaban J connectivity index is 2.82. The van der Waals surface area contributed by atoms with Gasteiger partial charge in [0.2, 0.25) is 0 Å². The topological polar surface area (TPSA) is 88.5 Å². The quantitative estimate of drug-likeness (QED) is 0.809. The first-order valence-electron chi connectivity index (χ1n) is 5.88. The summed E-state index contributed by atoms with van der Waals surface area (Å²) in [5.74, 6) is -1.52. The van der Waals surface area contributed by atoms with Crippen molar-refractivity contribution in [3.8, 4) is 0 Å². The molecule has 0 radical (unpaired) electrons. The van der Waals surface area contributed by atoms with E-state index in [9.17, 15) is 9.59 Å². The molecule has 2 N–H and O–H groups in total. The third kappa shape index (κ3) is 4.95. The van der Waals surface area contributed by atoms with E-state index in [-0.39, 0.29) is 5.69 Å². The fraction of sp³-hybridized carbons (Fsp3) is 0.462. The summed E-state index contributed by atoms with van der Waals surface area (Å²) >= 11 is 0. The van der Waals surface area contributed by atoms with Crippen molar-refractivity contribution in [2.45, 2.75) is 39.3 Å². The Bertz CT molecular complexity index is 480. The number of pyridine rings is 1. The van der Waals surface area contributed by atoms with Crippen LogP contribution in [0.1, 0.15) is 38.2 Å². The van der Waals surface area contributed by atoms with Crippen LogP contribution in [0.3, 0.4) is 0 Å². The summed E-state index contributed by atoms with van der Waals surface area (Å²) < 4.78 is 5.19. The lowest BCUT2D eigenvalue weighted by Crippen LogP contribution is -2.26. The smallest absolute Gasteiger partial charge is 0.357 e. The van der Waals surface area contributed by atoms with Crippen molar-refractivity contribution < 1.29 is 19.4 Å². The molecule has 0 saturated heterocycles. The van der Waals surface area contributed by atoms with Crippen LogP contribution >= 0.6 is 0 Å². The van der Waals surface area contributed by atoms with Crippen LogP contribution in [0.15, 0.2) is 18.3 Å². The molecular formula is C13H18N2O4. The monoisotopic (exact) mass is 266 g/mol. The van der Waals surface area contributed by atoms with Gasteiger partial charge in [-0.3, -0.25) is 4.79 Å². The lowest BCUT2D eigenvalue weighted by Gasteiger charge is -2.19. The minimum Gasteiger partial charge on any atom is -0.480 e. The van der Waals surface area contributed by atoms with E-state index >= 15 is 0 Å². The SMILES string of the molecule is C[C@H](Nc1ccnc(C(=O)OC(C)(C)C)c1)C(=O)O. The van der Waals surface area contributed by atoms with Crippen molar-refractivity contribution in [3.63, 3.8) is 0 Å². The molecule has 0 fully saturated rings. The maximum absolute atomic E-state index is 11.8. The summed E-state index contributed by atoms with van der Waals surface area (Å²) in [6.45, 7) is 6.80. The van der Waals surface area contributed by atoms with Gasteiger partial charge < -0.3 is 15.2 Å². The molecule has 6 heteroatoms. The van der Waals surface area contributed by atoms with Gasteiger partial charge in [0.05, 0.1) is 0 Å². The molecule has 0 saturated carbocycles. The number of aliphatic carboxylic acids is 1. The Morgan fingerprint density at radius 3 is 2.58 bits per heavy atom. The summed E-state index contributed by atoms with van der Waals surface area (Å²) in [6.07, 6.45) is 1.43. The van der Waals surface area contributed by atoms with Gasteiger partial charge in [0.25, 0.3) is 0 Å². The molecule has 0 aromatic carbocycles. The molecule has 0 amide bonds. The third-order valence-electron chi connectivity index (χ3n) is 2.12. The average molecular weight is 266 g/mol. The standard InChI is InChI=1S/C13H18N2O4/c1-8(11(16)17)15-9-5-6-14-10(7-9)12(18)19-13(2,3)4/h5-8H,1-4H3,(H,14,15)(H,16,17)/t8-/m0/s1. The summed E-state index contributed by atoms with van der Waals surface area (Å²) in [5, 5.41) is 11.6. The molecule has 0 spiro atoms. The number of carboxylic acid groups (broad SMARTS) is 1. The lowest BCUT2D eigenvalue weighted by atomic mass is 10.2. The highest BCUT2D eigenvalue weighted by molar-refractivity contribution is 5.88. The van der Waals surface area contributed by atoms with Crippen LogP contribution in [-0.2, 0) is 9.53 Å². The Morgan fingerprint density at radius 2 is 2.05 bits per heavy atom. The number of nitrogens with zero attached hydrogens (tertiary/aromatic N) is 1. The maximum atomic E-state index is 11.8. The van der Waals surface area contributed by atoms with Crippen molar-refractivity contribution in [1.82, 2.24) is 4.98 Å². The average Bonchev–Trinajstić information content (AvgIpc) is 2.27. The van der Waals surface area contributed by atoms with Crippen molar-refractivity contribution in [1.29, 1.82) is 0 Å². The number of hydrogen-bond acceptors (Lipinski definition) is 5. The fourth-order valence-corrected chi connectivity index (χ4v) is 1.27. The zero-order valence-electron chi connectivity index (χ0n) is 11.4. The predicted octanol–water partition coefficient (Wildman–Crippen LogP) is 1.92. The number of carbonyl (C=O) groups is 2. The number of rotatable bonds is 4. The number of nitrogens with one attached hydrogen (secondary N) is 1. The molecular weight excluding hydrogens is 248 g/mol. The summed E-state index contributed by atoms with van der Waals surface area (Å²) in [4.78, 5) is 26.5. The zero-order chi connectivity index (χ0) is 14.6. The van der Waals surface area contributed by atoms with E-state index in [1.54, 1.807) is 26.8 Å². The van der Waals surface area contributed by atoms with Gasteiger partial charge in [-0.05, 0) is 39.8 Å². The Kier molecular flexibility index (Phi) is 4.47. The Morgan fingerprint density at radius 1 is 1.42 bits per heavy atom. The van der Waals surface area contributed by atoms with Gasteiger partial charge >= 0.3 is 11.9 Å². The number of esters is 1. The molecule has 0 aliphatic heterocycles. The molecule has 6 nitrogen and oxygen atoms in total. The van der Waals surface area contributed by atoms with E-state index in [1.165, 1.54) is 19.2 Å². The van der Waals surface area contributed by atoms with Gasteiger partial charge in [-0.15, -0.1) is 0 Å². The molecule has 0 bridgehead atoms. The molecule has 104 valence electrons. The first-order valence-corrected chi connectivity index (χ1v) is 5.88. The van der Waals surface area contributed by atoms with E-state index in [0.29, 0.717) is 5.69 Å². The third-order valence-corrected chi connectivity index (χ3v) is 2.12. The molecule has 0 unspecified atom stereocenters. The first kappa shape index (κ1) is 14.9. The van der Waals surface area contributed by atoms with Crippen molar-refractivity contribution >= 4 is 17.6 Å². The molecule has 1 aromatic rings. The van der Waals surface area contributed by atoms with Crippen LogP contribution in [0, 0.1) is 0 Å². The van der Waals surface area contributed by atoms with E-state index < -0.39 is 23.6 Å². The normalized spacial score (nSPS) is 12.6. The Labute approximate surface area is 111 Å². The summed E-state index contributed by atoms with van der Waals surface area (Å²) in [7, 11) is 0. The molecule has 1 heterocycles. The minimum atomic E-state index is -0.976. The van der Waals surface area contributed by atoms with Gasteiger partial charge in [0.15, 0.2) is 0 Å². The highest BCUT2D eigenvalue weighted by Gasteiger charge is 2.19. The van der Waals surface area contributed by atoms with Crippen molar-refractivity contribution in [2.24, 2.45) is 0 Å². The largest absolute Gasteiger partial charge is 0.480 e. The van der Waals surface area contributed by atoms with Crippen LogP contribution < -0.4 is 5.32 Å². The first-order chi connectivity index (χ1) is 8.69. The second-order valence-electron chi connectivity index (χ2n) is 5.14. The number of ether oxygens (including phenoxy) is 1. The van der Waals surface area contributed by atoms with E-state index in [1.807, 2.05) is 0 Å². The van der Waals surface area contributed by atoms with Gasteiger partial charge in [-0.25, -0.2) is 9.78 Å². The van der Waals surface area contributed by atoms with Crippen LogP contribution in [0.4, 0.5) is 5.69 Å². The van der Waals surface area contributed by atoms with Crippen LogP contribution in [0.5, 0.6) is 0 Å². The fourth-order valence-electron chi connectivity index (χ4n) is 1.27.